The van der Waals surface area contributed by atoms with Gasteiger partial charge in [0.25, 0.3) is 0 Å². The molecule has 0 saturated carbocycles. The number of amides is 1. The maximum absolute atomic E-state index is 11.8. The van der Waals surface area contributed by atoms with E-state index in [0.717, 1.165) is 16.5 Å². The van der Waals surface area contributed by atoms with E-state index in [1.54, 1.807) is 12.3 Å². The van der Waals surface area contributed by atoms with Crippen LogP contribution < -0.4 is 5.32 Å². The highest BCUT2D eigenvalue weighted by Crippen LogP contribution is 2.17. The molecule has 4 nitrogen and oxygen atoms in total. The standard InChI is InChI=1S/C18H22N2O2/c1-13(2)11-15(21)12-20-18(22)8-7-14-9-10-19-17-6-4-3-5-16(14)17/h3-10,13,15,21H,11-12H2,1-2H3,(H,20,22)/b8-7+. The van der Waals surface area contributed by atoms with Crippen LogP contribution in [0.15, 0.2) is 42.6 Å². The van der Waals surface area contributed by atoms with Gasteiger partial charge >= 0.3 is 0 Å². The van der Waals surface area contributed by atoms with Gasteiger partial charge in [-0.3, -0.25) is 9.78 Å². The second-order valence-electron chi connectivity index (χ2n) is 5.78. The number of nitrogens with one attached hydrogen (secondary N) is 1. The number of aliphatic hydroxyl groups excluding tert-OH is 1. The van der Waals surface area contributed by atoms with Crippen molar-refractivity contribution in [2.24, 2.45) is 5.92 Å². The second kappa shape index (κ2) is 7.71. The maximum Gasteiger partial charge on any atom is 0.244 e. The van der Waals surface area contributed by atoms with Crippen LogP contribution in [0.2, 0.25) is 0 Å². The normalized spacial score (nSPS) is 12.9. The van der Waals surface area contributed by atoms with Crippen LogP contribution in [0.3, 0.4) is 0 Å². The Kier molecular flexibility index (Phi) is 5.67. The lowest BCUT2D eigenvalue weighted by Crippen LogP contribution is -2.31. The molecule has 2 N–H and O–H groups in total. The van der Waals surface area contributed by atoms with E-state index < -0.39 is 6.10 Å². The molecular formula is C18H22N2O2. The Hall–Kier alpha value is -2.20. The number of carbonyl (C=O) groups excluding carboxylic acids is 1. The van der Waals surface area contributed by atoms with Crippen LogP contribution in [-0.4, -0.2) is 28.6 Å². The molecule has 0 aliphatic rings. The second-order valence-corrected chi connectivity index (χ2v) is 5.78. The first-order valence-corrected chi connectivity index (χ1v) is 7.54. The van der Waals surface area contributed by atoms with Crippen molar-refractivity contribution in [2.75, 3.05) is 6.54 Å². The molecule has 0 saturated heterocycles. The zero-order chi connectivity index (χ0) is 15.9. The van der Waals surface area contributed by atoms with Gasteiger partial charge in [-0.15, -0.1) is 0 Å². The Morgan fingerprint density at radius 2 is 2.09 bits per heavy atom. The summed E-state index contributed by atoms with van der Waals surface area (Å²) in [4.78, 5) is 16.1. The van der Waals surface area contributed by atoms with Gasteiger partial charge in [-0.05, 0) is 36.1 Å². The van der Waals surface area contributed by atoms with Crippen LogP contribution in [0.4, 0.5) is 0 Å². The number of benzene rings is 1. The molecule has 4 heteroatoms. The Bertz CT molecular complexity index is 660. The van der Waals surface area contributed by atoms with Gasteiger partial charge in [0.2, 0.25) is 5.91 Å². The molecule has 1 heterocycles. The number of hydrogen-bond donors (Lipinski definition) is 2. The molecule has 1 aromatic heterocycles. The Balaban J connectivity index is 1.97. The fourth-order valence-electron chi connectivity index (χ4n) is 2.33. The topological polar surface area (TPSA) is 62.2 Å². The molecule has 0 bridgehead atoms. The van der Waals surface area contributed by atoms with E-state index in [1.165, 1.54) is 6.08 Å². The summed E-state index contributed by atoms with van der Waals surface area (Å²) in [6.45, 7) is 4.36. The molecule has 0 fully saturated rings. The fourth-order valence-corrected chi connectivity index (χ4v) is 2.33. The van der Waals surface area contributed by atoms with Gasteiger partial charge in [-0.1, -0.05) is 32.0 Å². The number of pyridine rings is 1. The van der Waals surface area contributed by atoms with E-state index in [2.05, 4.69) is 10.3 Å². The maximum atomic E-state index is 11.8. The highest BCUT2D eigenvalue weighted by atomic mass is 16.3. The summed E-state index contributed by atoms with van der Waals surface area (Å²) in [5.41, 5.74) is 1.85. The van der Waals surface area contributed by atoms with Gasteiger partial charge in [0, 0.05) is 24.2 Å². The summed E-state index contributed by atoms with van der Waals surface area (Å²) >= 11 is 0. The van der Waals surface area contributed by atoms with Crippen LogP contribution in [0.5, 0.6) is 0 Å². The quantitative estimate of drug-likeness (QED) is 0.806. The number of hydrogen-bond acceptors (Lipinski definition) is 3. The molecule has 116 valence electrons. The Morgan fingerprint density at radius 1 is 1.32 bits per heavy atom. The largest absolute Gasteiger partial charge is 0.391 e. The van der Waals surface area contributed by atoms with Gasteiger partial charge in [0.1, 0.15) is 0 Å². The van der Waals surface area contributed by atoms with E-state index in [-0.39, 0.29) is 12.5 Å². The van der Waals surface area contributed by atoms with Crippen LogP contribution in [-0.2, 0) is 4.79 Å². The number of rotatable bonds is 6. The van der Waals surface area contributed by atoms with E-state index in [1.807, 2.05) is 44.2 Å². The minimum Gasteiger partial charge on any atom is -0.391 e. The number of carbonyl (C=O) groups is 1. The summed E-state index contributed by atoms with van der Waals surface area (Å²) < 4.78 is 0. The monoisotopic (exact) mass is 298 g/mol. The zero-order valence-electron chi connectivity index (χ0n) is 13.0. The molecule has 1 atom stereocenters. The van der Waals surface area contributed by atoms with Crippen molar-refractivity contribution in [3.8, 4) is 0 Å². The van der Waals surface area contributed by atoms with E-state index in [9.17, 15) is 9.90 Å². The molecule has 0 radical (unpaired) electrons. The smallest absolute Gasteiger partial charge is 0.244 e. The van der Waals surface area contributed by atoms with E-state index in [4.69, 9.17) is 0 Å². The number of para-hydroxylation sites is 1. The number of aliphatic hydroxyl groups is 1. The van der Waals surface area contributed by atoms with Crippen LogP contribution in [0.1, 0.15) is 25.8 Å². The Labute approximate surface area is 130 Å². The molecule has 0 aliphatic heterocycles. The Morgan fingerprint density at radius 3 is 2.86 bits per heavy atom. The van der Waals surface area contributed by atoms with Crippen molar-refractivity contribution in [2.45, 2.75) is 26.4 Å². The molecule has 2 aromatic rings. The number of aromatic nitrogens is 1. The molecule has 0 spiro atoms. The predicted octanol–water partition coefficient (Wildman–Crippen LogP) is 2.77. The number of nitrogens with zero attached hydrogens (tertiary/aromatic N) is 1. The summed E-state index contributed by atoms with van der Waals surface area (Å²) in [7, 11) is 0. The minimum atomic E-state index is -0.501. The molecule has 1 amide bonds. The molecule has 1 unspecified atom stereocenters. The van der Waals surface area contributed by atoms with Crippen molar-refractivity contribution in [3.63, 3.8) is 0 Å². The molecular weight excluding hydrogens is 276 g/mol. The summed E-state index contributed by atoms with van der Waals surface area (Å²) in [6.07, 6.45) is 5.17. The third kappa shape index (κ3) is 4.67. The molecule has 22 heavy (non-hydrogen) atoms. The number of fused-ring (bicyclic) bond motifs is 1. The first kappa shape index (κ1) is 16.2. The van der Waals surface area contributed by atoms with Crippen LogP contribution in [0, 0.1) is 5.92 Å². The van der Waals surface area contributed by atoms with Gasteiger partial charge in [-0.25, -0.2) is 0 Å². The van der Waals surface area contributed by atoms with Crippen molar-refractivity contribution >= 4 is 22.9 Å². The SMILES string of the molecule is CC(C)CC(O)CNC(=O)/C=C/c1ccnc2ccccc12. The average Bonchev–Trinajstić information content (AvgIpc) is 2.50. The average molecular weight is 298 g/mol. The van der Waals surface area contributed by atoms with Crippen molar-refractivity contribution in [3.05, 3.63) is 48.2 Å². The van der Waals surface area contributed by atoms with Gasteiger partial charge < -0.3 is 10.4 Å². The molecule has 1 aromatic carbocycles. The third-order valence-corrected chi connectivity index (χ3v) is 3.35. The van der Waals surface area contributed by atoms with Gasteiger partial charge in [0.15, 0.2) is 0 Å². The van der Waals surface area contributed by atoms with Gasteiger partial charge in [0.05, 0.1) is 11.6 Å². The van der Waals surface area contributed by atoms with Crippen LogP contribution >= 0.6 is 0 Å². The van der Waals surface area contributed by atoms with Crippen LogP contribution in [0.25, 0.3) is 17.0 Å². The lowest BCUT2D eigenvalue weighted by atomic mass is 10.1. The zero-order valence-corrected chi connectivity index (χ0v) is 13.0. The third-order valence-electron chi connectivity index (χ3n) is 3.35. The highest BCUT2D eigenvalue weighted by Gasteiger charge is 2.07. The fraction of sp³-hybridized carbons (Fsp3) is 0.333. The minimum absolute atomic E-state index is 0.205. The summed E-state index contributed by atoms with van der Waals surface area (Å²) in [5, 5.41) is 13.5. The molecule has 0 aliphatic carbocycles. The highest BCUT2D eigenvalue weighted by molar-refractivity contribution is 5.95. The van der Waals surface area contributed by atoms with Crippen molar-refractivity contribution in [1.82, 2.24) is 10.3 Å². The lowest BCUT2D eigenvalue weighted by Gasteiger charge is -2.12. The summed E-state index contributed by atoms with van der Waals surface area (Å²) in [6, 6.07) is 9.68. The summed E-state index contributed by atoms with van der Waals surface area (Å²) in [5.74, 6) is 0.203. The van der Waals surface area contributed by atoms with E-state index >= 15 is 0 Å². The van der Waals surface area contributed by atoms with Gasteiger partial charge in [-0.2, -0.15) is 0 Å². The van der Waals surface area contributed by atoms with Crippen molar-refractivity contribution in [1.29, 1.82) is 0 Å². The predicted molar refractivity (Wildman–Crippen MR) is 89.2 cm³/mol. The first-order valence-electron chi connectivity index (χ1n) is 7.54. The first-order chi connectivity index (χ1) is 10.6. The molecule has 2 rings (SSSR count). The van der Waals surface area contributed by atoms with E-state index in [0.29, 0.717) is 12.3 Å². The van der Waals surface area contributed by atoms with Crippen molar-refractivity contribution < 1.29 is 9.90 Å². The lowest BCUT2D eigenvalue weighted by molar-refractivity contribution is -0.116.